The molecule has 0 saturated carbocycles. The average Bonchev–Trinajstić information content (AvgIpc) is 2.38. The van der Waals surface area contributed by atoms with Crippen LogP contribution in [0.25, 0.3) is 0 Å². The highest BCUT2D eigenvalue weighted by Crippen LogP contribution is 2.28. The molecule has 2 nitrogen and oxygen atoms in total. The molecule has 1 aromatic heterocycles. The molecule has 2 aromatic rings. The molecule has 4 heteroatoms. The summed E-state index contributed by atoms with van der Waals surface area (Å²) in [7, 11) is 0. The van der Waals surface area contributed by atoms with Crippen LogP contribution in [0.5, 0.6) is 0 Å². The van der Waals surface area contributed by atoms with Gasteiger partial charge in [0.05, 0.1) is 12.2 Å². The molecule has 1 N–H and O–H groups in total. The SMILES string of the molecule is CCNC(c1ccc(Cl)cc1C)c1ccncc1F. The van der Waals surface area contributed by atoms with Crippen LogP contribution in [0.2, 0.25) is 5.02 Å². The van der Waals surface area contributed by atoms with Crippen molar-refractivity contribution in [3.8, 4) is 0 Å². The van der Waals surface area contributed by atoms with Gasteiger partial charge in [0.15, 0.2) is 0 Å². The van der Waals surface area contributed by atoms with E-state index in [1.807, 2.05) is 32.0 Å². The predicted molar refractivity (Wildman–Crippen MR) is 75.9 cm³/mol. The van der Waals surface area contributed by atoms with Crippen molar-refractivity contribution in [1.29, 1.82) is 0 Å². The van der Waals surface area contributed by atoms with Crippen LogP contribution < -0.4 is 5.32 Å². The zero-order valence-corrected chi connectivity index (χ0v) is 11.7. The van der Waals surface area contributed by atoms with E-state index >= 15 is 0 Å². The van der Waals surface area contributed by atoms with Gasteiger partial charge in [-0.15, -0.1) is 0 Å². The first-order chi connectivity index (χ1) is 9.13. The van der Waals surface area contributed by atoms with Crippen LogP contribution in [0.4, 0.5) is 4.39 Å². The van der Waals surface area contributed by atoms with Crippen LogP contribution >= 0.6 is 11.6 Å². The van der Waals surface area contributed by atoms with E-state index in [1.165, 1.54) is 6.20 Å². The smallest absolute Gasteiger partial charge is 0.146 e. The summed E-state index contributed by atoms with van der Waals surface area (Å²) < 4.78 is 13.9. The summed E-state index contributed by atoms with van der Waals surface area (Å²) in [5.74, 6) is -0.303. The summed E-state index contributed by atoms with van der Waals surface area (Å²) in [6.07, 6.45) is 2.85. The highest BCUT2D eigenvalue weighted by molar-refractivity contribution is 6.30. The maximum Gasteiger partial charge on any atom is 0.146 e. The van der Waals surface area contributed by atoms with Crippen molar-refractivity contribution in [3.63, 3.8) is 0 Å². The zero-order chi connectivity index (χ0) is 13.8. The minimum absolute atomic E-state index is 0.190. The third-order valence-electron chi connectivity index (χ3n) is 3.07. The van der Waals surface area contributed by atoms with E-state index in [9.17, 15) is 4.39 Å². The van der Waals surface area contributed by atoms with Crippen molar-refractivity contribution in [2.24, 2.45) is 0 Å². The zero-order valence-electron chi connectivity index (χ0n) is 11.0. The number of hydrogen-bond acceptors (Lipinski definition) is 2. The number of nitrogens with one attached hydrogen (secondary N) is 1. The fourth-order valence-corrected chi connectivity index (χ4v) is 2.40. The fourth-order valence-electron chi connectivity index (χ4n) is 2.17. The molecule has 1 aromatic carbocycles. The highest BCUT2D eigenvalue weighted by atomic mass is 35.5. The molecule has 0 radical (unpaired) electrons. The number of hydrogen-bond donors (Lipinski definition) is 1. The van der Waals surface area contributed by atoms with Gasteiger partial charge in [-0.3, -0.25) is 4.98 Å². The molecule has 0 saturated heterocycles. The Morgan fingerprint density at radius 1 is 1.32 bits per heavy atom. The van der Waals surface area contributed by atoms with E-state index in [-0.39, 0.29) is 11.9 Å². The molecule has 100 valence electrons. The lowest BCUT2D eigenvalue weighted by Crippen LogP contribution is -2.23. The lowest BCUT2D eigenvalue weighted by atomic mass is 9.95. The monoisotopic (exact) mass is 278 g/mol. The van der Waals surface area contributed by atoms with Gasteiger partial charge in [-0.05, 0) is 42.8 Å². The van der Waals surface area contributed by atoms with E-state index in [0.29, 0.717) is 10.6 Å². The van der Waals surface area contributed by atoms with Gasteiger partial charge in [-0.1, -0.05) is 24.6 Å². The minimum Gasteiger partial charge on any atom is -0.306 e. The number of pyridine rings is 1. The van der Waals surface area contributed by atoms with Crippen molar-refractivity contribution in [2.75, 3.05) is 6.54 Å². The largest absolute Gasteiger partial charge is 0.306 e. The molecular weight excluding hydrogens is 263 g/mol. The summed E-state index contributed by atoms with van der Waals surface area (Å²) in [5.41, 5.74) is 2.66. The molecule has 0 spiro atoms. The molecule has 0 aliphatic rings. The quantitative estimate of drug-likeness (QED) is 0.918. The second-order valence-electron chi connectivity index (χ2n) is 4.39. The van der Waals surface area contributed by atoms with Gasteiger partial charge >= 0.3 is 0 Å². The van der Waals surface area contributed by atoms with Crippen LogP contribution in [0.15, 0.2) is 36.7 Å². The van der Waals surface area contributed by atoms with E-state index in [2.05, 4.69) is 10.3 Å². The number of halogens is 2. The molecule has 0 amide bonds. The standard InChI is InChI=1S/C15H16ClFN2/c1-3-19-15(13-6-7-18-9-14(13)17)12-5-4-11(16)8-10(12)2/h4-9,15,19H,3H2,1-2H3. The fraction of sp³-hybridized carbons (Fsp3) is 0.267. The van der Waals surface area contributed by atoms with Crippen LogP contribution in [0, 0.1) is 12.7 Å². The number of aromatic nitrogens is 1. The van der Waals surface area contributed by atoms with Crippen LogP contribution in [0.1, 0.15) is 29.7 Å². The second kappa shape index (κ2) is 6.13. The van der Waals surface area contributed by atoms with Gasteiger partial charge in [0, 0.05) is 16.8 Å². The van der Waals surface area contributed by atoms with Crippen LogP contribution in [0.3, 0.4) is 0 Å². The molecular formula is C15H16ClFN2. The van der Waals surface area contributed by atoms with Crippen molar-refractivity contribution < 1.29 is 4.39 Å². The van der Waals surface area contributed by atoms with E-state index < -0.39 is 0 Å². The third-order valence-corrected chi connectivity index (χ3v) is 3.30. The molecule has 2 rings (SSSR count). The van der Waals surface area contributed by atoms with Crippen molar-refractivity contribution in [2.45, 2.75) is 19.9 Å². The number of benzene rings is 1. The average molecular weight is 279 g/mol. The van der Waals surface area contributed by atoms with Crippen molar-refractivity contribution in [3.05, 3.63) is 64.2 Å². The Morgan fingerprint density at radius 3 is 2.74 bits per heavy atom. The topological polar surface area (TPSA) is 24.9 Å². The Morgan fingerprint density at radius 2 is 2.11 bits per heavy atom. The van der Waals surface area contributed by atoms with E-state index in [0.717, 1.165) is 17.7 Å². The third kappa shape index (κ3) is 3.11. The molecule has 1 heterocycles. The number of aryl methyl sites for hydroxylation is 1. The van der Waals surface area contributed by atoms with Gasteiger partial charge in [0.25, 0.3) is 0 Å². The molecule has 19 heavy (non-hydrogen) atoms. The summed E-state index contributed by atoms with van der Waals surface area (Å²) in [4.78, 5) is 3.79. The van der Waals surface area contributed by atoms with E-state index in [1.54, 1.807) is 12.3 Å². The Hall–Kier alpha value is -1.45. The lowest BCUT2D eigenvalue weighted by molar-refractivity contribution is 0.553. The Bertz CT molecular complexity index is 572. The Labute approximate surface area is 117 Å². The minimum atomic E-state index is -0.303. The molecule has 0 bridgehead atoms. The summed E-state index contributed by atoms with van der Waals surface area (Å²) >= 11 is 5.97. The van der Waals surface area contributed by atoms with E-state index in [4.69, 9.17) is 11.6 Å². The summed E-state index contributed by atoms with van der Waals surface area (Å²) in [5, 5.41) is 3.99. The van der Waals surface area contributed by atoms with Crippen LogP contribution in [-0.4, -0.2) is 11.5 Å². The number of nitrogens with zero attached hydrogens (tertiary/aromatic N) is 1. The first-order valence-corrected chi connectivity index (χ1v) is 6.60. The molecule has 1 atom stereocenters. The van der Waals surface area contributed by atoms with Gasteiger partial charge in [-0.2, -0.15) is 0 Å². The van der Waals surface area contributed by atoms with Crippen molar-refractivity contribution >= 4 is 11.6 Å². The lowest BCUT2D eigenvalue weighted by Gasteiger charge is -2.21. The summed E-state index contributed by atoms with van der Waals surface area (Å²) in [6.45, 7) is 4.72. The highest BCUT2D eigenvalue weighted by Gasteiger charge is 2.18. The normalized spacial score (nSPS) is 12.4. The van der Waals surface area contributed by atoms with Gasteiger partial charge in [0.1, 0.15) is 5.82 Å². The molecule has 0 aliphatic carbocycles. The first kappa shape index (κ1) is 14.0. The Kier molecular flexibility index (Phi) is 4.51. The predicted octanol–water partition coefficient (Wildman–Crippen LogP) is 3.88. The Balaban J connectivity index is 2.48. The maximum atomic E-state index is 13.9. The van der Waals surface area contributed by atoms with Crippen LogP contribution in [-0.2, 0) is 0 Å². The molecule has 0 aliphatic heterocycles. The van der Waals surface area contributed by atoms with Gasteiger partial charge < -0.3 is 5.32 Å². The van der Waals surface area contributed by atoms with Crippen molar-refractivity contribution in [1.82, 2.24) is 10.3 Å². The summed E-state index contributed by atoms with van der Waals surface area (Å²) in [6, 6.07) is 7.17. The second-order valence-corrected chi connectivity index (χ2v) is 4.83. The molecule has 1 unspecified atom stereocenters. The van der Waals surface area contributed by atoms with Gasteiger partial charge in [0.2, 0.25) is 0 Å². The van der Waals surface area contributed by atoms with Gasteiger partial charge in [-0.25, -0.2) is 4.39 Å². The number of rotatable bonds is 4. The maximum absolute atomic E-state index is 13.9. The molecule has 0 fully saturated rings. The first-order valence-electron chi connectivity index (χ1n) is 6.22.